The van der Waals surface area contributed by atoms with Gasteiger partial charge < -0.3 is 9.64 Å². The molecular weight excluding hydrogens is 376 g/mol. The third-order valence-electron chi connectivity index (χ3n) is 5.24. The number of ether oxygens (including phenoxy) is 1. The zero-order valence-electron chi connectivity index (χ0n) is 18.1. The van der Waals surface area contributed by atoms with Gasteiger partial charge in [0.2, 0.25) is 0 Å². The lowest BCUT2D eigenvalue weighted by molar-refractivity contribution is 0.0195. The summed E-state index contributed by atoms with van der Waals surface area (Å²) in [7, 11) is 0. The summed E-state index contributed by atoms with van der Waals surface area (Å²) < 4.78 is 7.63. The lowest BCUT2D eigenvalue weighted by Crippen LogP contribution is -2.41. The van der Waals surface area contributed by atoms with Crippen LogP contribution in [0.15, 0.2) is 48.8 Å². The standard InChI is InChI=1S/C24H28N4O2/c1-5-17-6-8-19(9-7-17)22-21(18-10-12-25-13-11-18)20-16-27(14-15-28(20)26-22)23(29)30-24(2,3)4/h6-13H,5,14-16H2,1-4H3. The molecule has 0 saturated heterocycles. The summed E-state index contributed by atoms with van der Waals surface area (Å²) in [4.78, 5) is 18.6. The summed E-state index contributed by atoms with van der Waals surface area (Å²) in [6.45, 7) is 9.50. The summed E-state index contributed by atoms with van der Waals surface area (Å²) in [5, 5.41) is 4.94. The number of carbonyl (C=O) groups excluding carboxylic acids is 1. The number of carbonyl (C=O) groups is 1. The molecule has 30 heavy (non-hydrogen) atoms. The van der Waals surface area contributed by atoms with E-state index in [4.69, 9.17) is 9.84 Å². The molecule has 3 heterocycles. The molecule has 0 N–H and O–H groups in total. The first-order valence-electron chi connectivity index (χ1n) is 10.4. The molecule has 4 rings (SSSR count). The second kappa shape index (κ2) is 7.94. The summed E-state index contributed by atoms with van der Waals surface area (Å²) in [6.07, 6.45) is 4.29. The average Bonchev–Trinajstić information content (AvgIpc) is 3.12. The quantitative estimate of drug-likeness (QED) is 0.621. The fourth-order valence-corrected chi connectivity index (χ4v) is 3.72. The zero-order chi connectivity index (χ0) is 21.3. The van der Waals surface area contributed by atoms with E-state index < -0.39 is 5.60 Å². The van der Waals surface area contributed by atoms with Crippen LogP contribution in [0.2, 0.25) is 0 Å². The van der Waals surface area contributed by atoms with Crippen molar-refractivity contribution < 1.29 is 9.53 Å². The SMILES string of the molecule is CCc1ccc(-c2nn3c(c2-c2ccncc2)CN(C(=O)OC(C)(C)C)CC3)cc1. The lowest BCUT2D eigenvalue weighted by atomic mass is 9.98. The smallest absolute Gasteiger partial charge is 0.410 e. The fourth-order valence-electron chi connectivity index (χ4n) is 3.72. The highest BCUT2D eigenvalue weighted by atomic mass is 16.6. The van der Waals surface area contributed by atoms with Crippen LogP contribution in [0, 0.1) is 0 Å². The Morgan fingerprint density at radius 1 is 1.03 bits per heavy atom. The number of hydrogen-bond acceptors (Lipinski definition) is 4. The van der Waals surface area contributed by atoms with Crippen LogP contribution in [0.25, 0.3) is 22.4 Å². The van der Waals surface area contributed by atoms with E-state index in [9.17, 15) is 4.79 Å². The van der Waals surface area contributed by atoms with Gasteiger partial charge in [0.15, 0.2) is 0 Å². The van der Waals surface area contributed by atoms with Crippen LogP contribution >= 0.6 is 0 Å². The molecule has 1 amide bonds. The van der Waals surface area contributed by atoms with Crippen LogP contribution in [0.1, 0.15) is 39.0 Å². The topological polar surface area (TPSA) is 60.2 Å². The van der Waals surface area contributed by atoms with Gasteiger partial charge in [-0.2, -0.15) is 5.10 Å². The van der Waals surface area contributed by atoms with Crippen LogP contribution in [-0.4, -0.2) is 37.9 Å². The summed E-state index contributed by atoms with van der Waals surface area (Å²) in [5.41, 5.74) is 5.91. The molecule has 0 aliphatic carbocycles. The van der Waals surface area contributed by atoms with E-state index in [1.807, 2.05) is 37.6 Å². The molecule has 0 unspecified atom stereocenters. The summed E-state index contributed by atoms with van der Waals surface area (Å²) in [6, 6.07) is 12.5. The number of rotatable bonds is 3. The van der Waals surface area contributed by atoms with E-state index in [-0.39, 0.29) is 6.09 Å². The molecule has 0 fully saturated rings. The number of hydrogen-bond donors (Lipinski definition) is 0. The van der Waals surface area contributed by atoms with Gasteiger partial charge in [-0.15, -0.1) is 0 Å². The predicted octanol–water partition coefficient (Wildman–Crippen LogP) is 4.93. The zero-order valence-corrected chi connectivity index (χ0v) is 18.1. The normalized spacial score (nSPS) is 13.8. The molecule has 0 saturated carbocycles. The lowest BCUT2D eigenvalue weighted by Gasteiger charge is -2.30. The number of fused-ring (bicyclic) bond motifs is 1. The molecule has 6 heteroatoms. The third-order valence-corrected chi connectivity index (χ3v) is 5.24. The highest BCUT2D eigenvalue weighted by molar-refractivity contribution is 5.83. The van der Waals surface area contributed by atoms with Crippen molar-refractivity contribution >= 4 is 6.09 Å². The highest BCUT2D eigenvalue weighted by Crippen LogP contribution is 2.36. The van der Waals surface area contributed by atoms with Gasteiger partial charge in [-0.3, -0.25) is 9.67 Å². The van der Waals surface area contributed by atoms with Gasteiger partial charge in [0.05, 0.1) is 18.8 Å². The van der Waals surface area contributed by atoms with E-state index in [1.165, 1.54) is 5.56 Å². The first-order chi connectivity index (χ1) is 14.4. The monoisotopic (exact) mass is 404 g/mol. The maximum Gasteiger partial charge on any atom is 0.410 e. The van der Waals surface area contributed by atoms with Crippen LogP contribution < -0.4 is 0 Å². The van der Waals surface area contributed by atoms with Gasteiger partial charge in [0.25, 0.3) is 0 Å². The Bertz CT molecular complexity index is 1030. The Balaban J connectivity index is 1.76. The number of aryl methyl sites for hydroxylation is 1. The molecule has 3 aromatic rings. The van der Waals surface area contributed by atoms with Crippen molar-refractivity contribution in [2.45, 2.75) is 52.8 Å². The molecule has 0 bridgehead atoms. The molecule has 6 nitrogen and oxygen atoms in total. The van der Waals surface area contributed by atoms with Crippen molar-refractivity contribution in [2.24, 2.45) is 0 Å². The van der Waals surface area contributed by atoms with Crippen LogP contribution in [-0.2, 0) is 24.2 Å². The van der Waals surface area contributed by atoms with Gasteiger partial charge in [-0.05, 0) is 50.5 Å². The molecule has 2 aromatic heterocycles. The Kier molecular flexibility index (Phi) is 5.33. The second-order valence-electron chi connectivity index (χ2n) is 8.58. The van der Waals surface area contributed by atoms with Crippen LogP contribution in [0.5, 0.6) is 0 Å². The van der Waals surface area contributed by atoms with Crippen molar-refractivity contribution in [1.82, 2.24) is 19.7 Å². The number of amides is 1. The van der Waals surface area contributed by atoms with Crippen molar-refractivity contribution in [3.05, 3.63) is 60.0 Å². The Labute approximate surface area is 177 Å². The second-order valence-corrected chi connectivity index (χ2v) is 8.58. The number of nitrogens with zero attached hydrogens (tertiary/aromatic N) is 4. The largest absolute Gasteiger partial charge is 0.444 e. The minimum absolute atomic E-state index is 0.288. The van der Waals surface area contributed by atoms with Gasteiger partial charge in [0, 0.05) is 30.1 Å². The van der Waals surface area contributed by atoms with Gasteiger partial charge in [-0.25, -0.2) is 4.79 Å². The maximum absolute atomic E-state index is 12.7. The summed E-state index contributed by atoms with van der Waals surface area (Å²) >= 11 is 0. The highest BCUT2D eigenvalue weighted by Gasteiger charge is 2.30. The Morgan fingerprint density at radius 3 is 2.37 bits per heavy atom. The molecule has 0 atom stereocenters. The summed E-state index contributed by atoms with van der Waals surface area (Å²) in [5.74, 6) is 0. The molecule has 0 spiro atoms. The molecule has 156 valence electrons. The number of benzene rings is 1. The van der Waals surface area contributed by atoms with E-state index in [0.29, 0.717) is 19.6 Å². The van der Waals surface area contributed by atoms with E-state index in [0.717, 1.165) is 34.5 Å². The minimum atomic E-state index is -0.519. The van der Waals surface area contributed by atoms with E-state index in [1.54, 1.807) is 17.3 Å². The van der Waals surface area contributed by atoms with Gasteiger partial charge >= 0.3 is 6.09 Å². The molecule has 1 aliphatic rings. The average molecular weight is 405 g/mol. The third kappa shape index (κ3) is 4.08. The molecule has 1 aliphatic heterocycles. The van der Waals surface area contributed by atoms with Crippen molar-refractivity contribution in [1.29, 1.82) is 0 Å². The molecule has 0 radical (unpaired) electrons. The van der Waals surface area contributed by atoms with Crippen LogP contribution in [0.4, 0.5) is 4.79 Å². The van der Waals surface area contributed by atoms with Crippen molar-refractivity contribution in [3.8, 4) is 22.4 Å². The van der Waals surface area contributed by atoms with Crippen molar-refractivity contribution in [3.63, 3.8) is 0 Å². The fraction of sp³-hybridized carbons (Fsp3) is 0.375. The van der Waals surface area contributed by atoms with Gasteiger partial charge in [-0.1, -0.05) is 31.2 Å². The van der Waals surface area contributed by atoms with Gasteiger partial charge in [0.1, 0.15) is 11.3 Å². The molecular formula is C24H28N4O2. The van der Waals surface area contributed by atoms with E-state index in [2.05, 4.69) is 36.2 Å². The maximum atomic E-state index is 12.7. The minimum Gasteiger partial charge on any atom is -0.444 e. The molecule has 1 aromatic carbocycles. The van der Waals surface area contributed by atoms with E-state index >= 15 is 0 Å². The first kappa shape index (κ1) is 20.1. The van der Waals surface area contributed by atoms with Crippen LogP contribution in [0.3, 0.4) is 0 Å². The number of aromatic nitrogens is 3. The number of pyridine rings is 1. The first-order valence-corrected chi connectivity index (χ1v) is 10.4. The predicted molar refractivity (Wildman–Crippen MR) is 117 cm³/mol. The Hall–Kier alpha value is -3.15. The van der Waals surface area contributed by atoms with Crippen molar-refractivity contribution in [2.75, 3.05) is 6.54 Å². The Morgan fingerprint density at radius 2 is 1.73 bits per heavy atom.